The highest BCUT2D eigenvalue weighted by Gasteiger charge is 2.58. The normalized spacial score (nSPS) is 35.1. The Hall–Kier alpha value is -0.980. The zero-order chi connectivity index (χ0) is 14.6. The molecule has 1 aromatic rings. The van der Waals surface area contributed by atoms with Crippen LogP contribution in [0.2, 0.25) is 0 Å². The summed E-state index contributed by atoms with van der Waals surface area (Å²) in [6.45, 7) is 0.111. The maximum absolute atomic E-state index is 13.3. The number of aliphatic hydroxyl groups is 1. The van der Waals surface area contributed by atoms with E-state index in [1.165, 1.54) is 12.1 Å². The summed E-state index contributed by atoms with van der Waals surface area (Å²) in [4.78, 5) is 0. The summed E-state index contributed by atoms with van der Waals surface area (Å²) in [7, 11) is -3.17. The molecule has 3 rings (SSSR count). The molecule has 20 heavy (non-hydrogen) atoms. The van der Waals surface area contributed by atoms with Crippen molar-refractivity contribution in [3.05, 3.63) is 35.1 Å². The molecule has 0 bridgehead atoms. The molecular formula is C14H18FNO3S. The Bertz CT molecular complexity index is 660. The van der Waals surface area contributed by atoms with Crippen LogP contribution in [0.15, 0.2) is 18.2 Å². The number of hydrogen-bond donors (Lipinski definition) is 2. The number of hydrogen-bond acceptors (Lipinski definition) is 4. The van der Waals surface area contributed by atoms with Gasteiger partial charge < -0.3 is 10.8 Å². The molecule has 1 aliphatic carbocycles. The molecule has 110 valence electrons. The SMILES string of the molecule is NCC1(C2(O)CCc3cc(F)ccc32)CCS(=O)(=O)C1. The minimum atomic E-state index is -3.17. The van der Waals surface area contributed by atoms with Gasteiger partial charge in [0.25, 0.3) is 0 Å². The Balaban J connectivity index is 2.11. The molecule has 2 unspecified atom stereocenters. The summed E-state index contributed by atoms with van der Waals surface area (Å²) in [6, 6.07) is 4.30. The first-order valence-electron chi connectivity index (χ1n) is 6.74. The topological polar surface area (TPSA) is 80.4 Å². The third-order valence-corrected chi connectivity index (χ3v) is 6.74. The van der Waals surface area contributed by atoms with Gasteiger partial charge in [0, 0.05) is 12.0 Å². The second kappa shape index (κ2) is 4.26. The molecule has 2 aliphatic rings. The van der Waals surface area contributed by atoms with E-state index in [-0.39, 0.29) is 23.9 Å². The van der Waals surface area contributed by atoms with E-state index in [0.29, 0.717) is 24.8 Å². The zero-order valence-corrected chi connectivity index (χ0v) is 11.9. The molecule has 1 saturated heterocycles. The van der Waals surface area contributed by atoms with Crippen LogP contribution in [0.5, 0.6) is 0 Å². The average molecular weight is 299 g/mol. The summed E-state index contributed by atoms with van der Waals surface area (Å²) in [5.41, 5.74) is 5.12. The Morgan fingerprint density at radius 1 is 1.35 bits per heavy atom. The number of fused-ring (bicyclic) bond motifs is 1. The molecule has 3 N–H and O–H groups in total. The van der Waals surface area contributed by atoms with Crippen LogP contribution in [-0.2, 0) is 21.9 Å². The molecular weight excluding hydrogens is 281 g/mol. The van der Waals surface area contributed by atoms with Crippen LogP contribution in [0.3, 0.4) is 0 Å². The van der Waals surface area contributed by atoms with Crippen LogP contribution in [0, 0.1) is 11.2 Å². The standard InChI is InChI=1S/C14H18FNO3S/c15-11-1-2-12-10(7-11)3-4-14(12,17)13(8-16)5-6-20(18,19)9-13/h1-2,7,17H,3-6,8-9,16H2. The van der Waals surface area contributed by atoms with Gasteiger partial charge in [0.05, 0.1) is 17.1 Å². The maximum atomic E-state index is 13.3. The number of benzene rings is 1. The number of nitrogens with two attached hydrogens (primary N) is 1. The van der Waals surface area contributed by atoms with Gasteiger partial charge in [-0.25, -0.2) is 12.8 Å². The van der Waals surface area contributed by atoms with Gasteiger partial charge in [-0.15, -0.1) is 0 Å². The van der Waals surface area contributed by atoms with E-state index >= 15 is 0 Å². The highest BCUT2D eigenvalue weighted by molar-refractivity contribution is 7.91. The number of rotatable bonds is 2. The van der Waals surface area contributed by atoms with Gasteiger partial charge in [-0.3, -0.25) is 0 Å². The van der Waals surface area contributed by atoms with Crippen molar-refractivity contribution in [1.82, 2.24) is 0 Å². The number of sulfone groups is 1. The van der Waals surface area contributed by atoms with E-state index in [2.05, 4.69) is 0 Å². The van der Waals surface area contributed by atoms with Crippen LogP contribution in [0.4, 0.5) is 4.39 Å². The van der Waals surface area contributed by atoms with Gasteiger partial charge in [0.2, 0.25) is 0 Å². The predicted octanol–water partition coefficient (Wildman–Crippen LogP) is 0.723. The Morgan fingerprint density at radius 3 is 2.70 bits per heavy atom. The molecule has 6 heteroatoms. The van der Waals surface area contributed by atoms with Crippen molar-refractivity contribution in [1.29, 1.82) is 0 Å². The van der Waals surface area contributed by atoms with Crippen molar-refractivity contribution in [2.24, 2.45) is 11.1 Å². The number of aryl methyl sites for hydroxylation is 1. The van der Waals surface area contributed by atoms with Crippen LogP contribution < -0.4 is 5.73 Å². The van der Waals surface area contributed by atoms with E-state index in [4.69, 9.17) is 5.73 Å². The monoisotopic (exact) mass is 299 g/mol. The molecule has 2 atom stereocenters. The molecule has 0 aromatic heterocycles. The van der Waals surface area contributed by atoms with E-state index in [1.54, 1.807) is 6.07 Å². The van der Waals surface area contributed by atoms with E-state index in [0.717, 1.165) is 5.56 Å². The van der Waals surface area contributed by atoms with Gasteiger partial charge in [-0.1, -0.05) is 6.07 Å². The third kappa shape index (κ3) is 1.82. The lowest BCUT2D eigenvalue weighted by Crippen LogP contribution is -2.50. The van der Waals surface area contributed by atoms with Crippen molar-refractivity contribution in [2.75, 3.05) is 18.1 Å². The zero-order valence-electron chi connectivity index (χ0n) is 11.1. The van der Waals surface area contributed by atoms with Crippen molar-refractivity contribution in [3.63, 3.8) is 0 Å². The van der Waals surface area contributed by atoms with Crippen molar-refractivity contribution < 1.29 is 17.9 Å². The van der Waals surface area contributed by atoms with E-state index < -0.39 is 20.9 Å². The molecule has 0 spiro atoms. The third-order valence-electron chi connectivity index (χ3n) is 4.92. The van der Waals surface area contributed by atoms with Crippen LogP contribution in [0.1, 0.15) is 24.0 Å². The summed E-state index contributed by atoms with van der Waals surface area (Å²) < 4.78 is 37.0. The smallest absolute Gasteiger partial charge is 0.151 e. The fourth-order valence-corrected chi connectivity index (χ4v) is 5.93. The molecule has 1 heterocycles. The molecule has 0 radical (unpaired) electrons. The van der Waals surface area contributed by atoms with Gasteiger partial charge >= 0.3 is 0 Å². The highest BCUT2D eigenvalue weighted by atomic mass is 32.2. The summed E-state index contributed by atoms with van der Waals surface area (Å²) in [5, 5.41) is 11.1. The average Bonchev–Trinajstić information content (AvgIpc) is 2.89. The lowest BCUT2D eigenvalue weighted by molar-refractivity contribution is -0.0729. The van der Waals surface area contributed by atoms with E-state index in [1.807, 2.05) is 0 Å². The van der Waals surface area contributed by atoms with Gasteiger partial charge in [-0.05, 0) is 42.5 Å². The van der Waals surface area contributed by atoms with Gasteiger partial charge in [0.15, 0.2) is 9.84 Å². The second-order valence-corrected chi connectivity index (χ2v) is 8.17. The van der Waals surface area contributed by atoms with Crippen LogP contribution >= 0.6 is 0 Å². The van der Waals surface area contributed by atoms with Crippen molar-refractivity contribution >= 4 is 9.84 Å². The Morgan fingerprint density at radius 2 is 2.10 bits per heavy atom. The first kappa shape index (κ1) is 14.0. The molecule has 0 amide bonds. The van der Waals surface area contributed by atoms with Gasteiger partial charge in [-0.2, -0.15) is 0 Å². The fourth-order valence-electron chi connectivity index (χ4n) is 3.75. The predicted molar refractivity (Wildman–Crippen MR) is 73.4 cm³/mol. The minimum Gasteiger partial charge on any atom is -0.384 e. The summed E-state index contributed by atoms with van der Waals surface area (Å²) in [6.07, 6.45) is 1.31. The first-order valence-corrected chi connectivity index (χ1v) is 8.56. The maximum Gasteiger partial charge on any atom is 0.151 e. The van der Waals surface area contributed by atoms with Crippen LogP contribution in [-0.4, -0.2) is 31.6 Å². The number of halogens is 1. The Kier molecular flexibility index (Phi) is 2.97. The molecule has 1 aliphatic heterocycles. The lowest BCUT2D eigenvalue weighted by atomic mass is 9.68. The molecule has 0 saturated carbocycles. The fraction of sp³-hybridized carbons (Fsp3) is 0.571. The Labute approximate surface area is 117 Å². The van der Waals surface area contributed by atoms with Gasteiger partial charge in [0.1, 0.15) is 5.82 Å². The molecule has 4 nitrogen and oxygen atoms in total. The van der Waals surface area contributed by atoms with Crippen LogP contribution in [0.25, 0.3) is 0 Å². The second-order valence-electron chi connectivity index (χ2n) is 5.99. The minimum absolute atomic E-state index is 0.0586. The summed E-state index contributed by atoms with van der Waals surface area (Å²) >= 11 is 0. The lowest BCUT2D eigenvalue weighted by Gasteiger charge is -2.42. The molecule has 1 aromatic carbocycles. The summed E-state index contributed by atoms with van der Waals surface area (Å²) in [5.74, 6) is -0.374. The quantitative estimate of drug-likeness (QED) is 0.843. The van der Waals surface area contributed by atoms with Crippen molar-refractivity contribution in [3.8, 4) is 0 Å². The first-order chi connectivity index (χ1) is 9.32. The molecule has 1 fully saturated rings. The van der Waals surface area contributed by atoms with Crippen molar-refractivity contribution in [2.45, 2.75) is 24.9 Å². The van der Waals surface area contributed by atoms with E-state index in [9.17, 15) is 17.9 Å². The highest BCUT2D eigenvalue weighted by Crippen LogP contribution is 2.53. The largest absolute Gasteiger partial charge is 0.384 e.